The van der Waals surface area contributed by atoms with E-state index in [2.05, 4.69) is 20.6 Å². The molecule has 0 bridgehead atoms. The fourth-order valence-electron chi connectivity index (χ4n) is 4.75. The van der Waals surface area contributed by atoms with Crippen LogP contribution in [0.2, 0.25) is 10.0 Å². The van der Waals surface area contributed by atoms with Gasteiger partial charge in [0.1, 0.15) is 10.6 Å². The van der Waals surface area contributed by atoms with Crippen molar-refractivity contribution >= 4 is 39.2 Å². The Balaban J connectivity index is 1.52. The number of hydrazine groups is 1. The molecule has 1 N–H and O–H groups in total. The van der Waals surface area contributed by atoms with E-state index in [0.717, 1.165) is 32.4 Å². The average molecular weight is 587 g/mol. The molecule has 1 atom stereocenters. The van der Waals surface area contributed by atoms with Crippen molar-refractivity contribution in [1.29, 1.82) is 0 Å². The quantitative estimate of drug-likeness (QED) is 0.358. The summed E-state index contributed by atoms with van der Waals surface area (Å²) in [5, 5.41) is 11.6. The predicted molar refractivity (Wildman–Crippen MR) is 147 cm³/mol. The molecule has 0 spiro atoms. The number of piperidine rings is 1. The molecule has 2 aromatic carbocycles. The summed E-state index contributed by atoms with van der Waals surface area (Å²) in [4.78, 5) is 17.0. The first kappa shape index (κ1) is 27.3. The summed E-state index contributed by atoms with van der Waals surface area (Å²) < 4.78 is 30.6. The van der Waals surface area contributed by atoms with E-state index >= 15 is 0 Å². The Morgan fingerprint density at radius 1 is 1.05 bits per heavy atom. The van der Waals surface area contributed by atoms with Crippen LogP contribution in [0.25, 0.3) is 0 Å². The highest BCUT2D eigenvalue weighted by atomic mass is 35.5. The van der Waals surface area contributed by atoms with Crippen molar-refractivity contribution in [2.75, 3.05) is 13.1 Å². The molecular formula is C27H25Cl2N5O4S. The monoisotopic (exact) mass is 585 g/mol. The van der Waals surface area contributed by atoms with Crippen molar-refractivity contribution in [1.82, 2.24) is 15.4 Å². The Hall–Kier alpha value is -3.31. The third-order valence-electron chi connectivity index (χ3n) is 6.75. The topological polar surface area (TPSA) is 113 Å². The molecule has 12 heteroatoms. The molecule has 2 aliphatic rings. The van der Waals surface area contributed by atoms with Crippen LogP contribution >= 0.6 is 23.2 Å². The summed E-state index contributed by atoms with van der Waals surface area (Å²) in [5.41, 5.74) is 3.64. The number of carbonyl (C=O) groups excluding carboxylic acids is 1. The summed E-state index contributed by atoms with van der Waals surface area (Å²) in [7, 11) is -4.08. The van der Waals surface area contributed by atoms with Crippen LogP contribution in [-0.2, 0) is 20.5 Å². The largest absolute Gasteiger partial charge is 0.379 e. The number of carbonyl (C=O) groups is 1. The van der Waals surface area contributed by atoms with E-state index in [4.69, 9.17) is 27.4 Å². The summed E-state index contributed by atoms with van der Waals surface area (Å²) in [5.74, 6) is -0.257. The summed E-state index contributed by atoms with van der Waals surface area (Å²) in [6.45, 7) is 3.33. The van der Waals surface area contributed by atoms with Crippen molar-refractivity contribution < 1.29 is 17.4 Å². The molecule has 3 heterocycles. The van der Waals surface area contributed by atoms with Crippen LogP contribution in [0.3, 0.4) is 0 Å². The number of amides is 1. The summed E-state index contributed by atoms with van der Waals surface area (Å²) in [6.07, 6.45) is 5.84. The molecule has 1 amide bonds. The number of halogens is 2. The fourth-order valence-corrected chi connectivity index (χ4v) is 6.20. The number of aromatic nitrogens is 1. The normalized spacial score (nSPS) is 19.8. The van der Waals surface area contributed by atoms with Crippen molar-refractivity contribution in [3.63, 3.8) is 0 Å². The number of benzene rings is 2. The van der Waals surface area contributed by atoms with E-state index in [1.165, 1.54) is 36.7 Å². The third-order valence-corrected chi connectivity index (χ3v) is 8.53. The van der Waals surface area contributed by atoms with Gasteiger partial charge in [-0.05, 0) is 67.3 Å². The average Bonchev–Trinajstić information content (AvgIpc) is 3.27. The van der Waals surface area contributed by atoms with E-state index in [1.807, 2.05) is 5.01 Å². The van der Waals surface area contributed by atoms with Gasteiger partial charge in [-0.3, -0.25) is 15.2 Å². The first-order valence-corrected chi connectivity index (χ1v) is 14.5. The van der Waals surface area contributed by atoms with E-state index in [-0.39, 0.29) is 22.2 Å². The van der Waals surface area contributed by atoms with Gasteiger partial charge in [-0.2, -0.15) is 13.5 Å². The number of hydrogen-bond acceptors (Lipinski definition) is 8. The van der Waals surface area contributed by atoms with Crippen molar-refractivity contribution in [3.8, 4) is 5.75 Å². The molecule has 5 rings (SSSR count). The Labute approximate surface area is 236 Å². The van der Waals surface area contributed by atoms with Crippen molar-refractivity contribution in [2.45, 2.75) is 36.6 Å². The summed E-state index contributed by atoms with van der Waals surface area (Å²) >= 11 is 12.8. The molecule has 3 aromatic rings. The van der Waals surface area contributed by atoms with Gasteiger partial charge in [0, 0.05) is 41.1 Å². The zero-order valence-electron chi connectivity index (χ0n) is 21.0. The lowest BCUT2D eigenvalue weighted by Gasteiger charge is -2.29. The molecule has 1 fully saturated rings. The Morgan fingerprint density at radius 2 is 1.79 bits per heavy atom. The molecule has 1 unspecified atom stereocenters. The third kappa shape index (κ3) is 5.42. The lowest BCUT2D eigenvalue weighted by molar-refractivity contribution is -0.122. The maximum Gasteiger partial charge on any atom is 0.340 e. The molecule has 1 aromatic heterocycles. The molecule has 0 aliphatic carbocycles. The van der Waals surface area contributed by atoms with Gasteiger partial charge in [0.15, 0.2) is 11.2 Å². The number of nitrogens with zero attached hydrogens (tertiary/aromatic N) is 4. The molecule has 2 aliphatic heterocycles. The van der Waals surface area contributed by atoms with Crippen LogP contribution in [0.5, 0.6) is 5.75 Å². The highest BCUT2D eigenvalue weighted by Gasteiger charge is 2.45. The smallest absolute Gasteiger partial charge is 0.340 e. The maximum atomic E-state index is 13.2. The second-order valence-corrected chi connectivity index (χ2v) is 11.6. The van der Waals surface area contributed by atoms with Crippen LogP contribution in [0.4, 0.5) is 0 Å². The second kappa shape index (κ2) is 11.1. The maximum absolute atomic E-state index is 13.2. The van der Waals surface area contributed by atoms with E-state index < -0.39 is 15.7 Å². The van der Waals surface area contributed by atoms with Crippen molar-refractivity contribution in [3.05, 3.63) is 99.4 Å². The SMILES string of the molecule is CC1=C(C(=O)NN2CCCCC2)N=NC1(c1ccc(OS(=O)(=O)c2cccnc2)cc1)c1ccc(Cl)cc1Cl. The van der Waals surface area contributed by atoms with Gasteiger partial charge in [0.05, 0.1) is 0 Å². The minimum absolute atomic E-state index is 0.0637. The number of nitrogens with one attached hydrogen (secondary N) is 1. The van der Waals surface area contributed by atoms with E-state index in [9.17, 15) is 13.2 Å². The molecule has 202 valence electrons. The number of pyridine rings is 1. The molecule has 0 saturated carbocycles. The zero-order chi connectivity index (χ0) is 27.6. The highest BCUT2D eigenvalue weighted by molar-refractivity contribution is 7.87. The molecule has 9 nitrogen and oxygen atoms in total. The van der Waals surface area contributed by atoms with Crippen LogP contribution < -0.4 is 9.61 Å². The first-order valence-electron chi connectivity index (χ1n) is 12.3. The summed E-state index contributed by atoms with van der Waals surface area (Å²) in [6, 6.07) is 14.3. The minimum Gasteiger partial charge on any atom is -0.379 e. The van der Waals surface area contributed by atoms with E-state index in [1.54, 1.807) is 37.3 Å². The van der Waals surface area contributed by atoms with Gasteiger partial charge >= 0.3 is 10.1 Å². The highest BCUT2D eigenvalue weighted by Crippen LogP contribution is 2.49. The molecule has 39 heavy (non-hydrogen) atoms. The lowest BCUT2D eigenvalue weighted by Crippen LogP contribution is -2.45. The number of azo groups is 1. The predicted octanol–water partition coefficient (Wildman–Crippen LogP) is 5.66. The van der Waals surface area contributed by atoms with Gasteiger partial charge in [-0.25, -0.2) is 5.01 Å². The molecular weight excluding hydrogens is 561 g/mol. The van der Waals surface area contributed by atoms with Gasteiger partial charge in [-0.1, -0.05) is 47.8 Å². The van der Waals surface area contributed by atoms with Crippen molar-refractivity contribution in [2.24, 2.45) is 10.2 Å². The Kier molecular flexibility index (Phi) is 7.73. The Bertz CT molecular complexity index is 1560. The number of hydrogen-bond donors (Lipinski definition) is 1. The van der Waals surface area contributed by atoms with Crippen LogP contribution in [-0.4, -0.2) is 37.4 Å². The molecule has 0 radical (unpaired) electrons. The van der Waals surface area contributed by atoms with E-state index in [0.29, 0.717) is 26.7 Å². The second-order valence-electron chi connectivity index (χ2n) is 9.25. The van der Waals surface area contributed by atoms with Crippen LogP contribution in [0.15, 0.2) is 93.4 Å². The lowest BCUT2D eigenvalue weighted by atomic mass is 9.77. The minimum atomic E-state index is -4.08. The molecule has 1 saturated heterocycles. The van der Waals surface area contributed by atoms with Crippen LogP contribution in [0.1, 0.15) is 37.3 Å². The first-order chi connectivity index (χ1) is 18.7. The number of rotatable bonds is 7. The Morgan fingerprint density at radius 3 is 2.46 bits per heavy atom. The van der Waals surface area contributed by atoms with Gasteiger partial charge < -0.3 is 4.18 Å². The van der Waals surface area contributed by atoms with Gasteiger partial charge in [-0.15, -0.1) is 5.11 Å². The fraction of sp³-hybridized carbons (Fsp3) is 0.259. The standard InChI is InChI=1S/C27H25Cl2N5O4S/c1-18-25(26(35)32-34-14-3-2-4-15-34)31-33-27(18,23-12-9-20(28)16-24(23)29)19-7-10-21(11-8-19)38-39(36,37)22-6-5-13-30-17-22/h5-13,16-17H,2-4,14-15H2,1H3,(H,32,35). The van der Waals surface area contributed by atoms with Gasteiger partial charge in [0.2, 0.25) is 0 Å². The van der Waals surface area contributed by atoms with Gasteiger partial charge in [0.25, 0.3) is 5.91 Å². The zero-order valence-corrected chi connectivity index (χ0v) is 23.3. The van der Waals surface area contributed by atoms with Crippen LogP contribution in [0, 0.1) is 0 Å².